The summed E-state index contributed by atoms with van der Waals surface area (Å²) in [7, 11) is -3.08. The van der Waals surface area contributed by atoms with Gasteiger partial charge in [0.1, 0.15) is 5.82 Å². The van der Waals surface area contributed by atoms with Crippen LogP contribution in [0.3, 0.4) is 0 Å². The first-order chi connectivity index (χ1) is 6.00. The fourth-order valence-electron chi connectivity index (χ4n) is 0.695. The highest BCUT2D eigenvalue weighted by Gasteiger charge is 2.13. The maximum atomic E-state index is 12.7. The van der Waals surface area contributed by atoms with Gasteiger partial charge >= 0.3 is 8.25 Å². The van der Waals surface area contributed by atoms with E-state index in [1.807, 2.05) is 0 Å². The molecule has 0 bridgehead atoms. The molecular formula is C6H4ClFNO3P. The van der Waals surface area contributed by atoms with Gasteiger partial charge in [0, 0.05) is 6.07 Å². The molecule has 0 spiro atoms. The average molecular weight is 224 g/mol. The minimum Gasteiger partial charge on any atom is -0.558 e. The minimum absolute atomic E-state index is 0.147. The van der Waals surface area contributed by atoms with Crippen LogP contribution in [0.25, 0.3) is 0 Å². The van der Waals surface area contributed by atoms with Crippen LogP contribution in [0.5, 0.6) is 5.75 Å². The zero-order chi connectivity index (χ0) is 10.0. The van der Waals surface area contributed by atoms with Crippen molar-refractivity contribution in [1.82, 2.24) is 0 Å². The van der Waals surface area contributed by atoms with Crippen molar-refractivity contribution in [1.29, 1.82) is 0 Å². The predicted molar refractivity (Wildman–Crippen MR) is 44.1 cm³/mol. The van der Waals surface area contributed by atoms with Crippen LogP contribution >= 0.6 is 19.9 Å². The van der Waals surface area contributed by atoms with Crippen molar-refractivity contribution in [3.05, 3.63) is 23.0 Å². The van der Waals surface area contributed by atoms with Crippen molar-refractivity contribution in [3.63, 3.8) is 0 Å². The van der Waals surface area contributed by atoms with Crippen molar-refractivity contribution in [2.75, 3.05) is 5.73 Å². The monoisotopic (exact) mass is 223 g/mol. The molecule has 0 aliphatic heterocycles. The molecule has 0 aromatic heterocycles. The fraction of sp³-hybridized carbons (Fsp3) is 0. The summed E-state index contributed by atoms with van der Waals surface area (Å²) in [5.41, 5.74) is 4.93. The van der Waals surface area contributed by atoms with Crippen LogP contribution in [-0.2, 0) is 4.57 Å². The summed E-state index contributed by atoms with van der Waals surface area (Å²) in [6, 6.07) is 1.88. The molecule has 0 amide bonds. The quantitative estimate of drug-likeness (QED) is 0.608. The average Bonchev–Trinajstić information content (AvgIpc) is 1.99. The lowest BCUT2D eigenvalue weighted by molar-refractivity contribution is -0.178. The van der Waals surface area contributed by atoms with E-state index >= 15 is 0 Å². The number of nitrogens with two attached hydrogens (primary N) is 1. The molecule has 4 nitrogen and oxygen atoms in total. The fourth-order valence-corrected chi connectivity index (χ4v) is 1.25. The van der Waals surface area contributed by atoms with E-state index in [0.717, 1.165) is 12.1 Å². The van der Waals surface area contributed by atoms with Crippen LogP contribution in [0, 0.1) is 5.82 Å². The van der Waals surface area contributed by atoms with Gasteiger partial charge in [-0.15, -0.1) is 0 Å². The molecule has 1 aromatic rings. The molecule has 1 aromatic carbocycles. The molecule has 0 aliphatic carbocycles. The first-order valence-corrected chi connectivity index (χ1v) is 4.55. The Balaban J connectivity index is 3.08. The van der Waals surface area contributed by atoms with Gasteiger partial charge < -0.3 is 10.6 Å². The molecule has 0 saturated heterocycles. The van der Waals surface area contributed by atoms with Crippen LogP contribution in [0.2, 0.25) is 5.02 Å². The number of anilines is 1. The number of benzene rings is 1. The van der Waals surface area contributed by atoms with E-state index < -0.39 is 14.1 Å². The van der Waals surface area contributed by atoms with E-state index in [2.05, 4.69) is 4.52 Å². The number of hydrogen-bond acceptors (Lipinski definition) is 4. The van der Waals surface area contributed by atoms with Gasteiger partial charge in [0.25, 0.3) is 0 Å². The predicted octanol–water partition coefficient (Wildman–Crippen LogP) is 1.46. The third kappa shape index (κ3) is 2.52. The second-order valence-electron chi connectivity index (χ2n) is 2.12. The molecule has 1 rings (SSSR count). The van der Waals surface area contributed by atoms with Gasteiger partial charge in [-0.3, -0.25) is 4.52 Å². The molecule has 0 heterocycles. The van der Waals surface area contributed by atoms with Crippen molar-refractivity contribution < 1.29 is 18.4 Å². The molecule has 0 fully saturated rings. The Bertz CT molecular complexity index is 360. The largest absolute Gasteiger partial charge is 0.558 e. The zero-order valence-electron chi connectivity index (χ0n) is 6.16. The summed E-state index contributed by atoms with van der Waals surface area (Å²) in [5, 5.41) is -0.147. The van der Waals surface area contributed by atoms with Crippen molar-refractivity contribution in [2.45, 2.75) is 0 Å². The summed E-state index contributed by atoms with van der Waals surface area (Å²) in [4.78, 5) is 10.1. The van der Waals surface area contributed by atoms with Crippen molar-refractivity contribution >= 4 is 25.5 Å². The van der Waals surface area contributed by atoms with E-state index in [9.17, 15) is 13.8 Å². The Morgan fingerprint density at radius 1 is 1.62 bits per heavy atom. The van der Waals surface area contributed by atoms with Gasteiger partial charge in [-0.1, -0.05) is 11.6 Å². The van der Waals surface area contributed by atoms with Crippen molar-refractivity contribution in [2.24, 2.45) is 0 Å². The summed E-state index contributed by atoms with van der Waals surface area (Å²) in [5.74, 6) is -0.907. The highest BCUT2D eigenvalue weighted by Crippen LogP contribution is 2.32. The van der Waals surface area contributed by atoms with E-state index in [1.165, 1.54) is 0 Å². The first kappa shape index (κ1) is 10.2. The van der Waals surface area contributed by atoms with Crippen LogP contribution in [0.4, 0.5) is 10.1 Å². The van der Waals surface area contributed by atoms with Gasteiger partial charge in [-0.25, -0.2) is 4.39 Å². The molecule has 1 unspecified atom stereocenters. The van der Waals surface area contributed by atoms with Gasteiger partial charge in [0.2, 0.25) is 5.75 Å². The minimum atomic E-state index is -3.08. The number of hydrogen-bond donors (Lipinski definition) is 1. The normalized spacial score (nSPS) is 11.2. The van der Waals surface area contributed by atoms with E-state index in [-0.39, 0.29) is 16.5 Å². The molecule has 0 saturated carbocycles. The van der Waals surface area contributed by atoms with Crippen LogP contribution in [0.15, 0.2) is 12.1 Å². The Morgan fingerprint density at radius 2 is 2.23 bits per heavy atom. The maximum Gasteiger partial charge on any atom is 0.539 e. The van der Waals surface area contributed by atoms with Gasteiger partial charge in [0.15, 0.2) is 0 Å². The summed E-state index contributed by atoms with van der Waals surface area (Å²) < 4.78 is 27.1. The zero-order valence-corrected chi connectivity index (χ0v) is 7.81. The Kier molecular flexibility index (Phi) is 3.03. The SMILES string of the molecule is Nc1cc(O[P+](=O)[O-])c(Cl)cc1F. The molecule has 7 heteroatoms. The topological polar surface area (TPSA) is 75.4 Å². The third-order valence-corrected chi connectivity index (χ3v) is 1.87. The molecule has 70 valence electrons. The van der Waals surface area contributed by atoms with Crippen LogP contribution in [-0.4, -0.2) is 0 Å². The Labute approximate surface area is 79.0 Å². The lowest BCUT2D eigenvalue weighted by Crippen LogP contribution is -1.96. The van der Waals surface area contributed by atoms with Crippen molar-refractivity contribution in [3.8, 4) is 5.75 Å². The second-order valence-corrected chi connectivity index (χ2v) is 3.16. The lowest BCUT2D eigenvalue weighted by Gasteiger charge is -2.00. The lowest BCUT2D eigenvalue weighted by atomic mass is 10.3. The summed E-state index contributed by atoms with van der Waals surface area (Å²) >= 11 is 5.46. The Hall–Kier alpha value is -0.900. The van der Waals surface area contributed by atoms with Gasteiger partial charge in [0.05, 0.1) is 10.7 Å². The number of nitrogen functional groups attached to an aromatic ring is 1. The molecular weight excluding hydrogens is 219 g/mol. The highest BCUT2D eigenvalue weighted by molar-refractivity contribution is 7.31. The van der Waals surface area contributed by atoms with E-state index in [0.29, 0.717) is 0 Å². The Morgan fingerprint density at radius 3 is 2.77 bits per heavy atom. The molecule has 0 aliphatic rings. The molecule has 2 N–H and O–H groups in total. The number of halogens is 2. The summed E-state index contributed by atoms with van der Waals surface area (Å²) in [6.07, 6.45) is 0. The third-order valence-electron chi connectivity index (χ3n) is 1.22. The second kappa shape index (κ2) is 3.87. The standard InChI is InChI=1S/C6H4ClFNO3P/c7-3-1-4(8)5(9)2-6(3)12-13(10)11/h1-2H,9H2. The van der Waals surface area contributed by atoms with Gasteiger partial charge in [-0.05, 0) is 10.6 Å². The number of rotatable bonds is 2. The van der Waals surface area contributed by atoms with E-state index in [1.54, 1.807) is 0 Å². The first-order valence-electron chi connectivity index (χ1n) is 3.07. The molecule has 1 atom stereocenters. The molecule has 13 heavy (non-hydrogen) atoms. The molecule has 0 radical (unpaired) electrons. The van der Waals surface area contributed by atoms with Crippen LogP contribution < -0.4 is 15.2 Å². The maximum absolute atomic E-state index is 12.7. The van der Waals surface area contributed by atoms with Gasteiger partial charge in [-0.2, -0.15) is 0 Å². The van der Waals surface area contributed by atoms with E-state index in [4.69, 9.17) is 17.3 Å². The van der Waals surface area contributed by atoms with Crippen LogP contribution in [0.1, 0.15) is 0 Å². The summed E-state index contributed by atoms with van der Waals surface area (Å²) in [6.45, 7) is 0. The highest BCUT2D eigenvalue weighted by atomic mass is 35.5. The smallest absolute Gasteiger partial charge is 0.539 e.